The normalized spacial score (nSPS) is 23.6. The molecule has 0 radical (unpaired) electrons. The number of aromatic nitrogens is 3. The second kappa shape index (κ2) is 5.83. The second-order valence-corrected chi connectivity index (χ2v) is 7.39. The third-order valence-corrected chi connectivity index (χ3v) is 5.83. The summed E-state index contributed by atoms with van der Waals surface area (Å²) in [6.45, 7) is 1.53. The van der Waals surface area contributed by atoms with Crippen LogP contribution >= 0.6 is 11.3 Å². The molecule has 3 aromatic rings. The second-order valence-electron chi connectivity index (χ2n) is 6.47. The zero-order valence-electron chi connectivity index (χ0n) is 13.1. The SMILES string of the molecule is C[C@@H](O)c1nc2cnc3ccsc3c2n1C1CCC(CF)CC1. The lowest BCUT2D eigenvalue weighted by Crippen LogP contribution is -2.21. The Morgan fingerprint density at radius 1 is 1.35 bits per heavy atom. The quantitative estimate of drug-likeness (QED) is 0.773. The minimum atomic E-state index is -0.628. The van der Waals surface area contributed by atoms with Crippen LogP contribution in [0.2, 0.25) is 0 Å². The molecule has 4 nitrogen and oxygen atoms in total. The molecule has 6 heteroatoms. The molecule has 3 heterocycles. The molecular weight excluding hydrogens is 313 g/mol. The summed E-state index contributed by atoms with van der Waals surface area (Å²) in [5, 5.41) is 12.2. The summed E-state index contributed by atoms with van der Waals surface area (Å²) in [4.78, 5) is 9.10. The fourth-order valence-corrected chi connectivity index (χ4v) is 4.61. The van der Waals surface area contributed by atoms with Crippen molar-refractivity contribution in [3.8, 4) is 0 Å². The Morgan fingerprint density at radius 3 is 2.83 bits per heavy atom. The van der Waals surface area contributed by atoms with Gasteiger partial charge in [-0.2, -0.15) is 0 Å². The summed E-state index contributed by atoms with van der Waals surface area (Å²) in [6.07, 6.45) is 4.85. The van der Waals surface area contributed by atoms with Gasteiger partial charge in [0.25, 0.3) is 0 Å². The molecule has 4 rings (SSSR count). The number of nitrogens with zero attached hydrogens (tertiary/aromatic N) is 3. The lowest BCUT2D eigenvalue weighted by atomic mass is 9.86. The molecule has 3 aromatic heterocycles. The van der Waals surface area contributed by atoms with E-state index in [2.05, 4.69) is 14.5 Å². The first-order valence-corrected chi connectivity index (χ1v) is 9.05. The zero-order chi connectivity index (χ0) is 16.0. The Balaban J connectivity index is 1.88. The molecule has 1 fully saturated rings. The summed E-state index contributed by atoms with van der Waals surface area (Å²) in [5.41, 5.74) is 2.88. The standard InChI is InChI=1S/C17H20FN3OS/c1-10(22)17-20-14-9-19-13-6-7-23-16(13)15(14)21(17)12-4-2-11(8-18)3-5-12/h6-7,9-12,22H,2-5,8H2,1H3/t10-,11?,12?/m1/s1. The lowest BCUT2D eigenvalue weighted by molar-refractivity contribution is 0.172. The molecule has 0 saturated heterocycles. The summed E-state index contributed by atoms with van der Waals surface area (Å²) in [7, 11) is 0. The van der Waals surface area contributed by atoms with Crippen LogP contribution in [0.1, 0.15) is 50.6 Å². The van der Waals surface area contributed by atoms with Gasteiger partial charge in [0.05, 0.1) is 28.6 Å². The maximum absolute atomic E-state index is 12.9. The van der Waals surface area contributed by atoms with Crippen molar-refractivity contribution in [1.82, 2.24) is 14.5 Å². The fourth-order valence-electron chi connectivity index (χ4n) is 3.72. The molecule has 0 spiro atoms. The van der Waals surface area contributed by atoms with Crippen LogP contribution in [-0.4, -0.2) is 26.3 Å². The average molecular weight is 333 g/mol. The number of fused-ring (bicyclic) bond motifs is 3. The van der Waals surface area contributed by atoms with E-state index in [4.69, 9.17) is 0 Å². The molecule has 1 aliphatic rings. The van der Waals surface area contributed by atoms with E-state index in [9.17, 15) is 9.50 Å². The molecule has 0 bridgehead atoms. The number of halogens is 1. The predicted octanol–water partition coefficient (Wildman–Crippen LogP) is 4.40. The predicted molar refractivity (Wildman–Crippen MR) is 90.5 cm³/mol. The van der Waals surface area contributed by atoms with Gasteiger partial charge in [-0.1, -0.05) is 0 Å². The average Bonchev–Trinajstić information content (AvgIpc) is 3.18. The fraction of sp³-hybridized carbons (Fsp3) is 0.529. The summed E-state index contributed by atoms with van der Waals surface area (Å²) in [5.74, 6) is 0.894. The van der Waals surface area contributed by atoms with Gasteiger partial charge in [0.1, 0.15) is 17.4 Å². The van der Waals surface area contributed by atoms with Crippen molar-refractivity contribution in [1.29, 1.82) is 0 Å². The monoisotopic (exact) mass is 333 g/mol. The first-order chi connectivity index (χ1) is 11.2. The van der Waals surface area contributed by atoms with Gasteiger partial charge < -0.3 is 9.67 Å². The topological polar surface area (TPSA) is 50.9 Å². The highest BCUT2D eigenvalue weighted by atomic mass is 32.1. The smallest absolute Gasteiger partial charge is 0.138 e. The largest absolute Gasteiger partial charge is 0.385 e. The van der Waals surface area contributed by atoms with E-state index in [0.29, 0.717) is 5.82 Å². The number of thiophene rings is 1. The number of hydrogen-bond donors (Lipinski definition) is 1. The van der Waals surface area contributed by atoms with Gasteiger partial charge in [-0.3, -0.25) is 9.37 Å². The van der Waals surface area contributed by atoms with Gasteiger partial charge in [0.15, 0.2) is 0 Å². The Morgan fingerprint density at radius 2 is 2.13 bits per heavy atom. The Labute approximate surface area is 138 Å². The molecule has 0 aromatic carbocycles. The van der Waals surface area contributed by atoms with Crippen LogP contribution < -0.4 is 0 Å². The molecule has 0 unspecified atom stereocenters. The lowest BCUT2D eigenvalue weighted by Gasteiger charge is -2.30. The zero-order valence-corrected chi connectivity index (χ0v) is 13.9. The van der Waals surface area contributed by atoms with Crippen LogP contribution in [0.4, 0.5) is 4.39 Å². The highest BCUT2D eigenvalue weighted by Gasteiger charge is 2.28. The van der Waals surface area contributed by atoms with Crippen molar-refractivity contribution < 1.29 is 9.50 Å². The van der Waals surface area contributed by atoms with E-state index >= 15 is 0 Å². The maximum Gasteiger partial charge on any atom is 0.138 e. The van der Waals surface area contributed by atoms with Crippen LogP contribution in [0.15, 0.2) is 17.6 Å². The molecule has 1 saturated carbocycles. The number of aliphatic hydroxyl groups excluding tert-OH is 1. The number of hydrogen-bond acceptors (Lipinski definition) is 4. The molecule has 1 N–H and O–H groups in total. The van der Waals surface area contributed by atoms with E-state index in [1.165, 1.54) is 0 Å². The number of rotatable bonds is 3. The van der Waals surface area contributed by atoms with Crippen molar-refractivity contribution in [2.45, 2.75) is 44.8 Å². The van der Waals surface area contributed by atoms with Gasteiger partial charge in [-0.05, 0) is 50.0 Å². The van der Waals surface area contributed by atoms with Crippen LogP contribution in [0.25, 0.3) is 21.3 Å². The van der Waals surface area contributed by atoms with Crippen molar-refractivity contribution >= 4 is 32.6 Å². The highest BCUT2D eigenvalue weighted by Crippen LogP contribution is 2.39. The molecular formula is C17H20FN3OS. The van der Waals surface area contributed by atoms with E-state index < -0.39 is 6.10 Å². The number of aliphatic hydroxyl groups is 1. The van der Waals surface area contributed by atoms with E-state index in [1.54, 1.807) is 24.5 Å². The minimum Gasteiger partial charge on any atom is -0.385 e. The Hall–Kier alpha value is -1.53. The van der Waals surface area contributed by atoms with Crippen LogP contribution in [0, 0.1) is 5.92 Å². The number of pyridine rings is 1. The number of imidazole rings is 1. The Kier molecular flexibility index (Phi) is 3.81. The first-order valence-electron chi connectivity index (χ1n) is 8.17. The molecule has 1 aliphatic carbocycles. The van der Waals surface area contributed by atoms with Crippen LogP contribution in [0.3, 0.4) is 0 Å². The Bertz CT molecular complexity index is 833. The van der Waals surface area contributed by atoms with E-state index in [1.807, 2.05) is 11.4 Å². The van der Waals surface area contributed by atoms with Gasteiger partial charge in [-0.15, -0.1) is 11.3 Å². The van der Waals surface area contributed by atoms with Gasteiger partial charge in [0, 0.05) is 6.04 Å². The number of alkyl halides is 1. The summed E-state index contributed by atoms with van der Waals surface area (Å²) < 4.78 is 16.2. The third-order valence-electron chi connectivity index (χ3n) is 4.92. The molecule has 1 atom stereocenters. The minimum absolute atomic E-state index is 0.194. The van der Waals surface area contributed by atoms with Crippen LogP contribution in [-0.2, 0) is 0 Å². The summed E-state index contributed by atoms with van der Waals surface area (Å²) >= 11 is 1.66. The van der Waals surface area contributed by atoms with Crippen LogP contribution in [0.5, 0.6) is 0 Å². The van der Waals surface area contributed by atoms with E-state index in [-0.39, 0.29) is 18.6 Å². The van der Waals surface area contributed by atoms with Crippen molar-refractivity contribution in [2.75, 3.05) is 6.67 Å². The van der Waals surface area contributed by atoms with Gasteiger partial charge >= 0.3 is 0 Å². The van der Waals surface area contributed by atoms with Crippen molar-refractivity contribution in [3.63, 3.8) is 0 Å². The molecule has 0 aliphatic heterocycles. The highest BCUT2D eigenvalue weighted by molar-refractivity contribution is 7.18. The molecule has 23 heavy (non-hydrogen) atoms. The van der Waals surface area contributed by atoms with Crippen molar-refractivity contribution in [2.24, 2.45) is 5.92 Å². The van der Waals surface area contributed by atoms with Gasteiger partial charge in [-0.25, -0.2) is 4.98 Å². The van der Waals surface area contributed by atoms with Crippen molar-refractivity contribution in [3.05, 3.63) is 23.5 Å². The first kappa shape index (κ1) is 15.0. The van der Waals surface area contributed by atoms with E-state index in [0.717, 1.165) is 46.9 Å². The molecule has 0 amide bonds. The molecule has 122 valence electrons. The third kappa shape index (κ3) is 2.44. The summed E-state index contributed by atoms with van der Waals surface area (Å²) in [6, 6.07) is 2.29. The van der Waals surface area contributed by atoms with Gasteiger partial charge in [0.2, 0.25) is 0 Å². The maximum atomic E-state index is 12.9.